The number of thiazole rings is 1. The van der Waals surface area contributed by atoms with Crippen LogP contribution >= 0.6 is 11.3 Å². The monoisotopic (exact) mass is 239 g/mol. The van der Waals surface area contributed by atoms with Crippen molar-refractivity contribution in [2.75, 3.05) is 11.9 Å². The van der Waals surface area contributed by atoms with Gasteiger partial charge in [-0.3, -0.25) is 4.79 Å². The minimum absolute atomic E-state index is 0.0433. The fourth-order valence-electron chi connectivity index (χ4n) is 1.79. The average molecular weight is 239 g/mol. The summed E-state index contributed by atoms with van der Waals surface area (Å²) in [6.07, 6.45) is 3.22. The summed E-state index contributed by atoms with van der Waals surface area (Å²) >= 11 is 1.54. The molecule has 1 saturated heterocycles. The standard InChI is InChI=1S/C11H17N3OS/c1-7-8(2)16-11(13-7)14-10(15)9-5-3-4-6-12-9/h9,12H,3-6H2,1-2H3,(H,13,14,15)/t9-/m1/s1. The SMILES string of the molecule is Cc1nc(NC(=O)[C@H]2CCCCN2)sc1C. The highest BCUT2D eigenvalue weighted by molar-refractivity contribution is 7.15. The van der Waals surface area contributed by atoms with Crippen LogP contribution in [0.1, 0.15) is 29.8 Å². The van der Waals surface area contributed by atoms with E-state index in [0.717, 1.165) is 30.0 Å². The van der Waals surface area contributed by atoms with E-state index in [1.165, 1.54) is 17.8 Å². The summed E-state index contributed by atoms with van der Waals surface area (Å²) in [4.78, 5) is 17.3. The molecule has 0 unspecified atom stereocenters. The molecule has 1 aromatic heterocycles. The van der Waals surface area contributed by atoms with Crippen molar-refractivity contribution in [2.45, 2.75) is 39.2 Å². The predicted octanol–water partition coefficient (Wildman–Crippen LogP) is 1.84. The highest BCUT2D eigenvalue weighted by Gasteiger charge is 2.21. The van der Waals surface area contributed by atoms with Gasteiger partial charge in [-0.05, 0) is 33.2 Å². The van der Waals surface area contributed by atoms with E-state index in [2.05, 4.69) is 15.6 Å². The molecule has 1 aliphatic rings. The largest absolute Gasteiger partial charge is 0.306 e. The summed E-state index contributed by atoms with van der Waals surface area (Å²) in [6, 6.07) is -0.0433. The molecule has 1 atom stereocenters. The lowest BCUT2D eigenvalue weighted by Gasteiger charge is -2.21. The highest BCUT2D eigenvalue weighted by atomic mass is 32.1. The number of nitrogens with one attached hydrogen (secondary N) is 2. The van der Waals surface area contributed by atoms with Crippen molar-refractivity contribution in [3.63, 3.8) is 0 Å². The van der Waals surface area contributed by atoms with Crippen LogP contribution in [-0.4, -0.2) is 23.5 Å². The molecule has 88 valence electrons. The van der Waals surface area contributed by atoms with Gasteiger partial charge in [0, 0.05) is 4.88 Å². The number of carbonyl (C=O) groups excluding carboxylic acids is 1. The van der Waals surface area contributed by atoms with Gasteiger partial charge in [0.2, 0.25) is 5.91 Å². The van der Waals surface area contributed by atoms with Gasteiger partial charge in [0.05, 0.1) is 11.7 Å². The number of piperidine rings is 1. The Labute approximate surface area is 99.5 Å². The normalized spacial score (nSPS) is 20.8. The lowest BCUT2D eigenvalue weighted by atomic mass is 10.0. The number of rotatable bonds is 2. The smallest absolute Gasteiger partial charge is 0.243 e. The summed E-state index contributed by atoms with van der Waals surface area (Å²) < 4.78 is 0. The Morgan fingerprint density at radius 1 is 1.50 bits per heavy atom. The van der Waals surface area contributed by atoms with Crippen LogP contribution in [0.15, 0.2) is 0 Å². The van der Waals surface area contributed by atoms with Crippen molar-refractivity contribution >= 4 is 22.4 Å². The molecule has 0 aliphatic carbocycles. The summed E-state index contributed by atoms with van der Waals surface area (Å²) in [6.45, 7) is 4.91. The summed E-state index contributed by atoms with van der Waals surface area (Å²) in [7, 11) is 0. The van der Waals surface area contributed by atoms with Crippen molar-refractivity contribution < 1.29 is 4.79 Å². The first-order valence-electron chi connectivity index (χ1n) is 5.65. The molecule has 4 nitrogen and oxygen atoms in total. The lowest BCUT2D eigenvalue weighted by Crippen LogP contribution is -2.43. The second kappa shape index (κ2) is 4.93. The summed E-state index contributed by atoms with van der Waals surface area (Å²) in [5.74, 6) is 0.0495. The van der Waals surface area contributed by atoms with Crippen LogP contribution in [0.2, 0.25) is 0 Å². The molecule has 2 heterocycles. The van der Waals surface area contributed by atoms with Crippen LogP contribution in [0, 0.1) is 13.8 Å². The maximum atomic E-state index is 11.9. The third kappa shape index (κ3) is 2.59. The lowest BCUT2D eigenvalue weighted by molar-refractivity contribution is -0.118. The Hall–Kier alpha value is -0.940. The molecule has 5 heteroatoms. The molecule has 2 rings (SSSR count). The number of aryl methyl sites for hydroxylation is 2. The van der Waals surface area contributed by atoms with Crippen molar-refractivity contribution in [3.8, 4) is 0 Å². The van der Waals surface area contributed by atoms with Crippen LogP contribution in [0.4, 0.5) is 5.13 Å². The van der Waals surface area contributed by atoms with Crippen LogP contribution < -0.4 is 10.6 Å². The molecule has 0 saturated carbocycles. The van der Waals surface area contributed by atoms with Gasteiger partial charge in [0.1, 0.15) is 0 Å². The molecule has 1 aliphatic heterocycles. The third-order valence-electron chi connectivity index (χ3n) is 2.89. The van der Waals surface area contributed by atoms with Gasteiger partial charge in [-0.2, -0.15) is 0 Å². The molecule has 16 heavy (non-hydrogen) atoms. The van der Waals surface area contributed by atoms with E-state index in [1.54, 1.807) is 0 Å². The van der Waals surface area contributed by atoms with E-state index >= 15 is 0 Å². The number of hydrogen-bond acceptors (Lipinski definition) is 4. The van der Waals surface area contributed by atoms with E-state index < -0.39 is 0 Å². The molecule has 1 aromatic rings. The molecule has 1 amide bonds. The Balaban J connectivity index is 1.95. The van der Waals surface area contributed by atoms with Crippen molar-refractivity contribution in [1.82, 2.24) is 10.3 Å². The zero-order chi connectivity index (χ0) is 11.5. The first kappa shape index (κ1) is 11.5. The van der Waals surface area contributed by atoms with Gasteiger partial charge in [0.15, 0.2) is 5.13 Å². The van der Waals surface area contributed by atoms with E-state index in [4.69, 9.17) is 0 Å². The van der Waals surface area contributed by atoms with E-state index in [-0.39, 0.29) is 11.9 Å². The number of nitrogens with zero attached hydrogens (tertiary/aromatic N) is 1. The van der Waals surface area contributed by atoms with Gasteiger partial charge in [0.25, 0.3) is 0 Å². The second-order valence-corrected chi connectivity index (χ2v) is 5.36. The van der Waals surface area contributed by atoms with Gasteiger partial charge in [-0.15, -0.1) is 11.3 Å². The Morgan fingerprint density at radius 2 is 2.31 bits per heavy atom. The van der Waals surface area contributed by atoms with Gasteiger partial charge in [-0.25, -0.2) is 4.98 Å². The Morgan fingerprint density at radius 3 is 2.88 bits per heavy atom. The third-order valence-corrected chi connectivity index (χ3v) is 3.87. The van der Waals surface area contributed by atoms with E-state index in [9.17, 15) is 4.79 Å². The maximum Gasteiger partial charge on any atom is 0.243 e. The Kier molecular flexibility index (Phi) is 3.56. The quantitative estimate of drug-likeness (QED) is 0.828. The molecule has 1 fully saturated rings. The van der Waals surface area contributed by atoms with E-state index in [0.29, 0.717) is 5.13 Å². The van der Waals surface area contributed by atoms with Crippen LogP contribution in [-0.2, 0) is 4.79 Å². The molecule has 0 bridgehead atoms. The zero-order valence-corrected chi connectivity index (χ0v) is 10.5. The molecule has 0 aromatic carbocycles. The highest BCUT2D eigenvalue weighted by Crippen LogP contribution is 2.21. The van der Waals surface area contributed by atoms with Gasteiger partial charge >= 0.3 is 0 Å². The molecular weight excluding hydrogens is 222 g/mol. The maximum absolute atomic E-state index is 11.9. The molecule has 2 N–H and O–H groups in total. The van der Waals surface area contributed by atoms with Gasteiger partial charge in [-0.1, -0.05) is 6.42 Å². The predicted molar refractivity (Wildman–Crippen MR) is 65.9 cm³/mol. The first-order valence-corrected chi connectivity index (χ1v) is 6.47. The number of aromatic nitrogens is 1. The number of carbonyl (C=O) groups is 1. The fraction of sp³-hybridized carbons (Fsp3) is 0.636. The average Bonchev–Trinajstić information content (AvgIpc) is 2.59. The minimum atomic E-state index is -0.0433. The van der Waals surface area contributed by atoms with Gasteiger partial charge < -0.3 is 10.6 Å². The second-order valence-electron chi connectivity index (χ2n) is 4.15. The van der Waals surface area contributed by atoms with E-state index in [1.807, 2.05) is 13.8 Å². The van der Waals surface area contributed by atoms with Crippen LogP contribution in [0.5, 0.6) is 0 Å². The number of anilines is 1. The van der Waals surface area contributed by atoms with Crippen molar-refractivity contribution in [3.05, 3.63) is 10.6 Å². The van der Waals surface area contributed by atoms with Crippen molar-refractivity contribution in [1.29, 1.82) is 0 Å². The number of amides is 1. The summed E-state index contributed by atoms with van der Waals surface area (Å²) in [5.41, 5.74) is 0.997. The van der Waals surface area contributed by atoms with Crippen LogP contribution in [0.3, 0.4) is 0 Å². The number of hydrogen-bond donors (Lipinski definition) is 2. The molecule has 0 radical (unpaired) electrons. The Bertz CT molecular complexity index is 363. The molecule has 0 spiro atoms. The minimum Gasteiger partial charge on any atom is -0.306 e. The molecular formula is C11H17N3OS. The fourth-order valence-corrected chi connectivity index (χ4v) is 2.61. The van der Waals surface area contributed by atoms with Crippen LogP contribution in [0.25, 0.3) is 0 Å². The summed E-state index contributed by atoms with van der Waals surface area (Å²) in [5, 5.41) is 6.82. The first-order chi connectivity index (χ1) is 7.66. The van der Waals surface area contributed by atoms with Crippen molar-refractivity contribution in [2.24, 2.45) is 0 Å². The zero-order valence-electron chi connectivity index (χ0n) is 9.67. The topological polar surface area (TPSA) is 54.0 Å².